The van der Waals surface area contributed by atoms with Crippen LogP contribution in [0.2, 0.25) is 0 Å². The van der Waals surface area contributed by atoms with Crippen molar-refractivity contribution in [2.24, 2.45) is 5.92 Å². The summed E-state index contributed by atoms with van der Waals surface area (Å²) in [5.41, 5.74) is 0. The van der Waals surface area contributed by atoms with E-state index in [0.29, 0.717) is 6.61 Å². The van der Waals surface area contributed by atoms with Crippen LogP contribution in [0.3, 0.4) is 0 Å². The predicted molar refractivity (Wildman–Crippen MR) is 56.1 cm³/mol. The zero-order valence-corrected chi connectivity index (χ0v) is 9.71. The number of unbranched alkanes of at least 4 members (excludes halogenated alkanes) is 2. The summed E-state index contributed by atoms with van der Waals surface area (Å²) in [5, 5.41) is 0. The van der Waals surface area contributed by atoms with Gasteiger partial charge in [0.2, 0.25) is 0 Å². The van der Waals surface area contributed by atoms with Crippen molar-refractivity contribution in [3.05, 3.63) is 0 Å². The van der Waals surface area contributed by atoms with Crippen LogP contribution < -0.4 is 0 Å². The van der Waals surface area contributed by atoms with E-state index in [1.54, 1.807) is 0 Å². The van der Waals surface area contributed by atoms with Crippen molar-refractivity contribution in [1.82, 2.24) is 0 Å². The van der Waals surface area contributed by atoms with E-state index >= 15 is 0 Å². The fraction of sp³-hybridized carbons (Fsp3) is 0.909. The number of rotatable bonds is 7. The van der Waals surface area contributed by atoms with Crippen molar-refractivity contribution in [2.75, 3.05) is 13.7 Å². The van der Waals surface area contributed by atoms with E-state index in [2.05, 4.69) is 11.7 Å². The normalized spacial score (nSPS) is 12.9. The summed E-state index contributed by atoms with van der Waals surface area (Å²) in [6, 6.07) is 0. The number of hydrogen-bond acceptors (Lipinski definition) is 3. The molecule has 0 aliphatic rings. The molecule has 0 unspecified atom stereocenters. The summed E-state index contributed by atoms with van der Waals surface area (Å²) in [6.07, 6.45) is 2.91. The second kappa shape index (κ2) is 7.80. The van der Waals surface area contributed by atoms with Gasteiger partial charge in [-0.05, 0) is 12.3 Å². The molecule has 0 aromatic rings. The topological polar surface area (TPSA) is 35.5 Å². The maximum Gasteiger partial charge on any atom is 0.335 e. The molecule has 0 saturated heterocycles. The van der Waals surface area contributed by atoms with E-state index in [1.165, 1.54) is 7.11 Å². The van der Waals surface area contributed by atoms with Crippen LogP contribution in [0.4, 0.5) is 0 Å². The fourth-order valence-corrected chi connectivity index (χ4v) is 1.21. The molecule has 0 heterocycles. The minimum Gasteiger partial charge on any atom is -0.467 e. The molecule has 0 rings (SSSR count). The SMILES string of the molecule is CCCCCO[C@H](C(=O)OC)C(C)C. The van der Waals surface area contributed by atoms with E-state index in [4.69, 9.17) is 4.74 Å². The highest BCUT2D eigenvalue weighted by atomic mass is 16.6. The Morgan fingerprint density at radius 3 is 2.36 bits per heavy atom. The molecular formula is C11H22O3. The Balaban J connectivity index is 3.80. The van der Waals surface area contributed by atoms with Gasteiger partial charge in [0.1, 0.15) is 0 Å². The van der Waals surface area contributed by atoms with E-state index < -0.39 is 6.10 Å². The molecule has 0 saturated carbocycles. The number of hydrogen-bond donors (Lipinski definition) is 0. The summed E-state index contributed by atoms with van der Waals surface area (Å²) in [7, 11) is 1.40. The lowest BCUT2D eigenvalue weighted by atomic mass is 10.1. The first-order valence-electron chi connectivity index (χ1n) is 5.32. The Morgan fingerprint density at radius 1 is 1.29 bits per heavy atom. The quantitative estimate of drug-likeness (QED) is 0.469. The molecule has 0 aromatic heterocycles. The maximum absolute atomic E-state index is 11.3. The lowest BCUT2D eigenvalue weighted by Gasteiger charge is -2.18. The van der Waals surface area contributed by atoms with Gasteiger partial charge in [-0.1, -0.05) is 33.6 Å². The molecule has 3 heteroatoms. The molecule has 0 amide bonds. The number of carbonyl (C=O) groups excluding carboxylic acids is 1. The molecule has 1 atom stereocenters. The minimum atomic E-state index is -0.406. The van der Waals surface area contributed by atoms with Gasteiger partial charge in [0, 0.05) is 6.61 Å². The van der Waals surface area contributed by atoms with Gasteiger partial charge < -0.3 is 9.47 Å². The fourth-order valence-electron chi connectivity index (χ4n) is 1.21. The van der Waals surface area contributed by atoms with Gasteiger partial charge in [0.05, 0.1) is 7.11 Å². The van der Waals surface area contributed by atoms with Gasteiger partial charge in [-0.3, -0.25) is 0 Å². The molecule has 14 heavy (non-hydrogen) atoms. The average molecular weight is 202 g/mol. The lowest BCUT2D eigenvalue weighted by Crippen LogP contribution is -2.31. The first kappa shape index (κ1) is 13.4. The van der Waals surface area contributed by atoms with Gasteiger partial charge in [-0.25, -0.2) is 4.79 Å². The summed E-state index contributed by atoms with van der Waals surface area (Å²) >= 11 is 0. The van der Waals surface area contributed by atoms with Crippen LogP contribution >= 0.6 is 0 Å². The van der Waals surface area contributed by atoms with Crippen LogP contribution in [0, 0.1) is 5.92 Å². The predicted octanol–water partition coefficient (Wildman–Crippen LogP) is 2.39. The van der Waals surface area contributed by atoms with E-state index in [0.717, 1.165) is 19.3 Å². The van der Waals surface area contributed by atoms with Crippen molar-refractivity contribution in [1.29, 1.82) is 0 Å². The van der Waals surface area contributed by atoms with E-state index in [9.17, 15) is 4.79 Å². The molecule has 0 N–H and O–H groups in total. The first-order valence-corrected chi connectivity index (χ1v) is 5.32. The van der Waals surface area contributed by atoms with Crippen LogP contribution in [-0.2, 0) is 14.3 Å². The highest BCUT2D eigenvalue weighted by Gasteiger charge is 2.23. The number of methoxy groups -OCH3 is 1. The summed E-state index contributed by atoms with van der Waals surface area (Å²) in [5.74, 6) is -0.0967. The molecular weight excluding hydrogens is 180 g/mol. The number of esters is 1. The second-order valence-electron chi connectivity index (χ2n) is 3.77. The van der Waals surface area contributed by atoms with Gasteiger partial charge >= 0.3 is 5.97 Å². The first-order chi connectivity index (χ1) is 6.63. The molecule has 0 radical (unpaired) electrons. The van der Waals surface area contributed by atoms with Crippen LogP contribution in [-0.4, -0.2) is 25.8 Å². The van der Waals surface area contributed by atoms with Gasteiger partial charge in [0.15, 0.2) is 6.10 Å². The maximum atomic E-state index is 11.3. The van der Waals surface area contributed by atoms with Crippen molar-refractivity contribution in [2.45, 2.75) is 46.1 Å². The van der Waals surface area contributed by atoms with Gasteiger partial charge in [-0.15, -0.1) is 0 Å². The third kappa shape index (κ3) is 5.22. The minimum absolute atomic E-state index is 0.170. The molecule has 0 fully saturated rings. The third-order valence-electron chi connectivity index (χ3n) is 2.08. The van der Waals surface area contributed by atoms with Gasteiger partial charge in [-0.2, -0.15) is 0 Å². The highest BCUT2D eigenvalue weighted by molar-refractivity contribution is 5.74. The average Bonchev–Trinajstić information content (AvgIpc) is 2.16. The van der Waals surface area contributed by atoms with E-state index in [1.807, 2.05) is 13.8 Å². The molecule has 0 aliphatic heterocycles. The van der Waals surface area contributed by atoms with Crippen LogP contribution in [0.5, 0.6) is 0 Å². The Labute approximate surface area is 86.8 Å². The lowest BCUT2D eigenvalue weighted by molar-refractivity contribution is -0.157. The monoisotopic (exact) mass is 202 g/mol. The standard InChI is InChI=1S/C11H22O3/c1-5-6-7-8-14-10(9(2)3)11(12)13-4/h9-10H,5-8H2,1-4H3/t10-/m0/s1. The third-order valence-corrected chi connectivity index (χ3v) is 2.08. The molecule has 0 aliphatic carbocycles. The van der Waals surface area contributed by atoms with Crippen molar-refractivity contribution in [3.8, 4) is 0 Å². The molecule has 0 bridgehead atoms. The largest absolute Gasteiger partial charge is 0.467 e. The Kier molecular flexibility index (Phi) is 7.48. The van der Waals surface area contributed by atoms with Gasteiger partial charge in [0.25, 0.3) is 0 Å². The zero-order chi connectivity index (χ0) is 11.0. The second-order valence-corrected chi connectivity index (χ2v) is 3.77. The molecule has 0 aromatic carbocycles. The zero-order valence-electron chi connectivity index (χ0n) is 9.71. The number of carbonyl (C=O) groups is 1. The summed E-state index contributed by atoms with van der Waals surface area (Å²) in [4.78, 5) is 11.3. The Morgan fingerprint density at radius 2 is 1.93 bits per heavy atom. The Hall–Kier alpha value is -0.570. The molecule has 84 valence electrons. The Bertz CT molecular complexity index is 155. The van der Waals surface area contributed by atoms with Crippen molar-refractivity contribution in [3.63, 3.8) is 0 Å². The van der Waals surface area contributed by atoms with Crippen LogP contribution in [0.25, 0.3) is 0 Å². The van der Waals surface area contributed by atoms with Crippen molar-refractivity contribution < 1.29 is 14.3 Å². The summed E-state index contributed by atoms with van der Waals surface area (Å²) < 4.78 is 10.2. The highest BCUT2D eigenvalue weighted by Crippen LogP contribution is 2.09. The van der Waals surface area contributed by atoms with E-state index in [-0.39, 0.29) is 11.9 Å². The number of ether oxygens (including phenoxy) is 2. The van der Waals surface area contributed by atoms with Crippen molar-refractivity contribution >= 4 is 5.97 Å². The van der Waals surface area contributed by atoms with Crippen LogP contribution in [0.15, 0.2) is 0 Å². The summed E-state index contributed by atoms with van der Waals surface area (Å²) in [6.45, 7) is 6.70. The molecule has 0 spiro atoms. The smallest absolute Gasteiger partial charge is 0.335 e. The molecule has 3 nitrogen and oxygen atoms in total. The van der Waals surface area contributed by atoms with Crippen LogP contribution in [0.1, 0.15) is 40.0 Å².